The van der Waals surface area contributed by atoms with Crippen LogP contribution in [0.4, 0.5) is 0 Å². The van der Waals surface area contributed by atoms with Gasteiger partial charge < -0.3 is 24.3 Å². The van der Waals surface area contributed by atoms with Crippen molar-refractivity contribution >= 4 is 15.9 Å². The minimum absolute atomic E-state index is 0.00336. The Bertz CT molecular complexity index is 1060. The van der Waals surface area contributed by atoms with Gasteiger partial charge in [-0.2, -0.15) is 4.31 Å². The molecular formula is C23H32N2O7S. The van der Waals surface area contributed by atoms with Crippen molar-refractivity contribution in [1.82, 2.24) is 9.62 Å². The van der Waals surface area contributed by atoms with Crippen LogP contribution in [0.15, 0.2) is 41.3 Å². The van der Waals surface area contributed by atoms with E-state index in [9.17, 15) is 13.2 Å². The van der Waals surface area contributed by atoms with Crippen LogP contribution in [0.2, 0.25) is 0 Å². The van der Waals surface area contributed by atoms with Gasteiger partial charge in [-0.1, -0.05) is 6.07 Å². The summed E-state index contributed by atoms with van der Waals surface area (Å²) in [5, 5.41) is 2.83. The standard InChI is InChI=1S/C23H32N2O7S/c1-7-31-20-11-9-17(13-22(20)32-8-2)16(3)24-23(26)15-25(4)33(27,28)18-10-12-19(29-5)21(14-18)30-6/h9-14,16H,7-8,15H2,1-6H3,(H,24,26)/t16-/m1/s1. The van der Waals surface area contributed by atoms with Crippen molar-refractivity contribution in [3.63, 3.8) is 0 Å². The number of likely N-dealkylation sites (N-methyl/N-ethyl adjacent to an activating group) is 1. The zero-order valence-corrected chi connectivity index (χ0v) is 20.7. The molecule has 0 radical (unpaired) electrons. The average Bonchev–Trinajstić information content (AvgIpc) is 2.79. The number of ether oxygens (including phenoxy) is 4. The minimum Gasteiger partial charge on any atom is -0.493 e. The van der Waals surface area contributed by atoms with E-state index >= 15 is 0 Å². The molecule has 1 amide bonds. The Morgan fingerprint density at radius 1 is 0.939 bits per heavy atom. The predicted octanol–water partition coefficient (Wildman–Crippen LogP) is 3.00. The fraction of sp³-hybridized carbons (Fsp3) is 0.435. The second kappa shape index (κ2) is 11.8. The lowest BCUT2D eigenvalue weighted by molar-refractivity contribution is -0.121. The molecule has 182 valence electrons. The number of carbonyl (C=O) groups excluding carboxylic acids is 1. The first kappa shape index (κ1) is 26.3. The normalized spacial score (nSPS) is 12.2. The van der Waals surface area contributed by atoms with Crippen LogP contribution in [-0.2, 0) is 14.8 Å². The molecule has 33 heavy (non-hydrogen) atoms. The highest BCUT2D eigenvalue weighted by Gasteiger charge is 2.25. The number of benzene rings is 2. The molecule has 0 heterocycles. The maximum Gasteiger partial charge on any atom is 0.243 e. The molecule has 0 unspecified atom stereocenters. The second-order valence-corrected chi connectivity index (χ2v) is 9.18. The molecule has 0 saturated heterocycles. The molecule has 0 spiro atoms. The van der Waals surface area contributed by atoms with Gasteiger partial charge in [-0.15, -0.1) is 0 Å². The molecule has 0 bridgehead atoms. The number of amides is 1. The fourth-order valence-electron chi connectivity index (χ4n) is 3.15. The summed E-state index contributed by atoms with van der Waals surface area (Å²) in [4.78, 5) is 12.6. The van der Waals surface area contributed by atoms with Crippen LogP contribution in [0.5, 0.6) is 23.0 Å². The summed E-state index contributed by atoms with van der Waals surface area (Å²) in [6.45, 7) is 6.21. The summed E-state index contributed by atoms with van der Waals surface area (Å²) in [6, 6.07) is 9.34. The quantitative estimate of drug-likeness (QED) is 0.498. The fourth-order valence-corrected chi connectivity index (χ4v) is 4.29. The van der Waals surface area contributed by atoms with Gasteiger partial charge in [0.2, 0.25) is 15.9 Å². The molecule has 0 saturated carbocycles. The second-order valence-electron chi connectivity index (χ2n) is 7.14. The smallest absolute Gasteiger partial charge is 0.243 e. The van der Waals surface area contributed by atoms with Crippen LogP contribution < -0.4 is 24.3 Å². The van der Waals surface area contributed by atoms with Crippen molar-refractivity contribution in [1.29, 1.82) is 0 Å². The number of hydrogen-bond acceptors (Lipinski definition) is 7. The SMILES string of the molecule is CCOc1ccc([C@@H](C)NC(=O)CN(C)S(=O)(=O)c2ccc(OC)c(OC)c2)cc1OCC. The van der Waals surface area contributed by atoms with Crippen molar-refractivity contribution < 1.29 is 32.2 Å². The lowest BCUT2D eigenvalue weighted by Gasteiger charge is -2.21. The first-order valence-electron chi connectivity index (χ1n) is 10.5. The van der Waals surface area contributed by atoms with Gasteiger partial charge in [-0.05, 0) is 50.6 Å². The van der Waals surface area contributed by atoms with Crippen LogP contribution in [0.1, 0.15) is 32.4 Å². The van der Waals surface area contributed by atoms with Gasteiger partial charge >= 0.3 is 0 Å². The Hall–Kier alpha value is -2.98. The van der Waals surface area contributed by atoms with Crippen molar-refractivity contribution in [3.8, 4) is 23.0 Å². The predicted molar refractivity (Wildman–Crippen MR) is 125 cm³/mol. The van der Waals surface area contributed by atoms with Gasteiger partial charge in [0.15, 0.2) is 23.0 Å². The highest BCUT2D eigenvalue weighted by atomic mass is 32.2. The third-order valence-corrected chi connectivity index (χ3v) is 6.67. The highest BCUT2D eigenvalue weighted by Crippen LogP contribution is 2.31. The molecule has 10 heteroatoms. The topological polar surface area (TPSA) is 103 Å². The lowest BCUT2D eigenvalue weighted by Crippen LogP contribution is -2.39. The van der Waals surface area contributed by atoms with Crippen LogP contribution in [0.25, 0.3) is 0 Å². The number of carbonyl (C=O) groups is 1. The van der Waals surface area contributed by atoms with E-state index in [-0.39, 0.29) is 23.2 Å². The van der Waals surface area contributed by atoms with E-state index in [2.05, 4.69) is 5.32 Å². The molecule has 0 aliphatic rings. The van der Waals surface area contributed by atoms with Gasteiger partial charge in [0.1, 0.15) is 0 Å². The van der Waals surface area contributed by atoms with Crippen LogP contribution in [0.3, 0.4) is 0 Å². The third-order valence-electron chi connectivity index (χ3n) is 4.87. The highest BCUT2D eigenvalue weighted by molar-refractivity contribution is 7.89. The van der Waals surface area contributed by atoms with E-state index in [1.54, 1.807) is 6.07 Å². The zero-order chi connectivity index (χ0) is 24.6. The average molecular weight is 481 g/mol. The molecule has 2 rings (SSSR count). The summed E-state index contributed by atoms with van der Waals surface area (Å²) in [5.74, 6) is 1.47. The van der Waals surface area contributed by atoms with Crippen molar-refractivity contribution in [3.05, 3.63) is 42.0 Å². The monoisotopic (exact) mass is 480 g/mol. The van der Waals surface area contributed by atoms with E-state index in [0.29, 0.717) is 30.5 Å². The largest absolute Gasteiger partial charge is 0.493 e. The summed E-state index contributed by atoms with van der Waals surface area (Å²) < 4.78 is 48.4. The number of methoxy groups -OCH3 is 2. The number of rotatable bonds is 12. The first-order chi connectivity index (χ1) is 15.7. The lowest BCUT2D eigenvalue weighted by atomic mass is 10.1. The minimum atomic E-state index is -3.92. The molecular weight excluding hydrogens is 448 g/mol. The van der Waals surface area contributed by atoms with Gasteiger partial charge in [-0.25, -0.2) is 8.42 Å². The number of hydrogen-bond donors (Lipinski definition) is 1. The summed E-state index contributed by atoms with van der Waals surface area (Å²) in [6.07, 6.45) is 0. The molecule has 2 aromatic carbocycles. The van der Waals surface area contributed by atoms with Crippen molar-refractivity contribution in [2.24, 2.45) is 0 Å². The maximum absolute atomic E-state index is 12.9. The Morgan fingerprint density at radius 3 is 2.15 bits per heavy atom. The number of nitrogens with one attached hydrogen (secondary N) is 1. The van der Waals surface area contributed by atoms with E-state index in [1.807, 2.05) is 32.9 Å². The van der Waals surface area contributed by atoms with Crippen LogP contribution in [0, 0.1) is 0 Å². The summed E-state index contributed by atoms with van der Waals surface area (Å²) in [5.41, 5.74) is 0.806. The van der Waals surface area contributed by atoms with Crippen LogP contribution in [-0.4, -0.2) is 59.7 Å². The molecule has 2 aromatic rings. The molecule has 1 N–H and O–H groups in total. The van der Waals surface area contributed by atoms with Crippen LogP contribution >= 0.6 is 0 Å². The number of nitrogens with zero attached hydrogens (tertiary/aromatic N) is 1. The van der Waals surface area contributed by atoms with Crippen molar-refractivity contribution in [2.45, 2.75) is 31.7 Å². The first-order valence-corrected chi connectivity index (χ1v) is 12.0. The third kappa shape index (κ3) is 6.52. The molecule has 9 nitrogen and oxygen atoms in total. The molecule has 0 fully saturated rings. The van der Waals surface area contributed by atoms with E-state index < -0.39 is 15.9 Å². The Labute approximate surface area is 195 Å². The number of sulfonamides is 1. The van der Waals surface area contributed by atoms with E-state index in [0.717, 1.165) is 9.87 Å². The summed E-state index contributed by atoms with van der Waals surface area (Å²) >= 11 is 0. The van der Waals surface area contributed by atoms with E-state index in [4.69, 9.17) is 18.9 Å². The Kier molecular flexibility index (Phi) is 9.36. The maximum atomic E-state index is 12.9. The Balaban J connectivity index is 2.11. The molecule has 0 aliphatic carbocycles. The van der Waals surface area contributed by atoms with Gasteiger partial charge in [0.25, 0.3) is 0 Å². The summed E-state index contributed by atoms with van der Waals surface area (Å²) in [7, 11) is 0.315. The molecule has 0 aliphatic heterocycles. The van der Waals surface area contributed by atoms with Crippen molar-refractivity contribution in [2.75, 3.05) is 41.0 Å². The van der Waals surface area contributed by atoms with Gasteiger partial charge in [-0.3, -0.25) is 4.79 Å². The Morgan fingerprint density at radius 2 is 1.55 bits per heavy atom. The van der Waals surface area contributed by atoms with Gasteiger partial charge in [0.05, 0.1) is 44.9 Å². The molecule has 0 aromatic heterocycles. The van der Waals surface area contributed by atoms with Gasteiger partial charge in [0, 0.05) is 13.1 Å². The molecule has 1 atom stereocenters. The van der Waals surface area contributed by atoms with E-state index in [1.165, 1.54) is 39.5 Å². The zero-order valence-electron chi connectivity index (χ0n) is 19.9.